The molecule has 1 N–H and O–H groups in total. The van der Waals surface area contributed by atoms with Crippen LogP contribution in [0.25, 0.3) is 0 Å². The molecule has 1 atom stereocenters. The first-order valence-electron chi connectivity index (χ1n) is 9.51. The Balaban J connectivity index is 1.52. The molecule has 2 heterocycles. The second-order valence-electron chi connectivity index (χ2n) is 6.95. The van der Waals surface area contributed by atoms with E-state index in [1.165, 1.54) is 0 Å². The average molecular weight is 409 g/mol. The van der Waals surface area contributed by atoms with Crippen molar-refractivity contribution in [2.75, 3.05) is 18.0 Å². The Bertz CT molecular complexity index is 1010. The second kappa shape index (κ2) is 8.64. The van der Waals surface area contributed by atoms with Gasteiger partial charge in [-0.15, -0.1) is 0 Å². The third-order valence-corrected chi connectivity index (χ3v) is 5.37. The summed E-state index contributed by atoms with van der Waals surface area (Å²) < 4.78 is 5.95. The van der Waals surface area contributed by atoms with Crippen LogP contribution in [0, 0.1) is 0 Å². The van der Waals surface area contributed by atoms with Gasteiger partial charge in [0.15, 0.2) is 5.78 Å². The number of aromatic nitrogens is 1. The first-order chi connectivity index (χ1) is 14.2. The van der Waals surface area contributed by atoms with E-state index in [0.29, 0.717) is 34.1 Å². The van der Waals surface area contributed by atoms with Crippen LogP contribution in [0.3, 0.4) is 0 Å². The number of aliphatic hydroxyl groups is 1. The van der Waals surface area contributed by atoms with Crippen LogP contribution in [0.15, 0.2) is 66.9 Å². The van der Waals surface area contributed by atoms with Crippen LogP contribution in [-0.2, 0) is 6.61 Å². The third-order valence-electron chi connectivity index (χ3n) is 5.04. The molecule has 0 aliphatic carbocycles. The lowest BCUT2D eigenvalue weighted by atomic mass is 10.00. The summed E-state index contributed by atoms with van der Waals surface area (Å²) in [5, 5.41) is 10.3. The van der Waals surface area contributed by atoms with Crippen LogP contribution in [0.2, 0.25) is 5.02 Å². The number of hydrogen-bond donors (Lipinski definition) is 1. The monoisotopic (exact) mass is 408 g/mol. The summed E-state index contributed by atoms with van der Waals surface area (Å²) in [6.45, 7) is 1.35. The van der Waals surface area contributed by atoms with Gasteiger partial charge in [0.1, 0.15) is 6.10 Å². The van der Waals surface area contributed by atoms with E-state index in [4.69, 9.17) is 16.3 Å². The lowest BCUT2D eigenvalue weighted by Crippen LogP contribution is -2.25. The topological polar surface area (TPSA) is 62.7 Å². The molecule has 0 radical (unpaired) electrons. The molecule has 6 heteroatoms. The fraction of sp³-hybridized carbons (Fsp3) is 0.217. The summed E-state index contributed by atoms with van der Waals surface area (Å²) in [5.74, 6) is 0.456. The molecule has 0 saturated carbocycles. The Morgan fingerprint density at radius 2 is 2.00 bits per heavy atom. The number of ketones is 1. The standard InChI is InChI=1S/C23H21ClN2O3/c24-20-6-2-1-5-19(20)23(28)16-8-9-21(17(13-16)15-27)26-12-10-18(14-26)29-22-7-3-4-11-25-22/h1-9,11,13,18,27H,10,12,14-15H2. The lowest BCUT2D eigenvalue weighted by Gasteiger charge is -2.22. The maximum Gasteiger partial charge on any atom is 0.213 e. The maximum atomic E-state index is 12.8. The predicted octanol–water partition coefficient (Wildman–Crippen LogP) is 4.12. The molecule has 2 aromatic carbocycles. The Morgan fingerprint density at radius 1 is 1.17 bits per heavy atom. The molecule has 1 aliphatic rings. The fourth-order valence-corrected chi connectivity index (χ4v) is 3.82. The molecule has 1 saturated heterocycles. The smallest absolute Gasteiger partial charge is 0.213 e. The highest BCUT2D eigenvalue weighted by atomic mass is 35.5. The average Bonchev–Trinajstić information content (AvgIpc) is 3.22. The van der Waals surface area contributed by atoms with Crippen molar-refractivity contribution in [3.8, 4) is 5.88 Å². The number of rotatable bonds is 6. The van der Waals surface area contributed by atoms with E-state index in [-0.39, 0.29) is 18.5 Å². The van der Waals surface area contributed by atoms with E-state index < -0.39 is 0 Å². The molecule has 1 aliphatic heterocycles. The second-order valence-corrected chi connectivity index (χ2v) is 7.36. The molecule has 3 aromatic rings. The van der Waals surface area contributed by atoms with E-state index in [0.717, 1.165) is 18.7 Å². The number of benzene rings is 2. The van der Waals surface area contributed by atoms with Crippen LogP contribution in [0.4, 0.5) is 5.69 Å². The predicted molar refractivity (Wildman–Crippen MR) is 113 cm³/mol. The number of pyridine rings is 1. The van der Waals surface area contributed by atoms with Crippen molar-refractivity contribution >= 4 is 23.1 Å². The van der Waals surface area contributed by atoms with Crippen molar-refractivity contribution in [2.45, 2.75) is 19.1 Å². The van der Waals surface area contributed by atoms with Gasteiger partial charge in [0.25, 0.3) is 0 Å². The molecule has 29 heavy (non-hydrogen) atoms. The summed E-state index contributed by atoms with van der Waals surface area (Å²) in [7, 11) is 0. The van der Waals surface area contributed by atoms with Gasteiger partial charge in [-0.05, 0) is 36.4 Å². The molecule has 148 valence electrons. The van der Waals surface area contributed by atoms with Gasteiger partial charge < -0.3 is 14.7 Å². The summed E-state index contributed by atoms with van der Waals surface area (Å²) in [6, 6.07) is 18.0. The van der Waals surface area contributed by atoms with Gasteiger partial charge in [-0.25, -0.2) is 4.98 Å². The van der Waals surface area contributed by atoms with Gasteiger partial charge in [-0.3, -0.25) is 4.79 Å². The van der Waals surface area contributed by atoms with Crippen molar-refractivity contribution < 1.29 is 14.6 Å². The minimum atomic E-state index is -0.158. The molecule has 0 spiro atoms. The van der Waals surface area contributed by atoms with Crippen molar-refractivity contribution in [1.29, 1.82) is 0 Å². The van der Waals surface area contributed by atoms with Crippen LogP contribution in [0.5, 0.6) is 5.88 Å². The number of aliphatic hydroxyl groups excluding tert-OH is 1. The zero-order valence-electron chi connectivity index (χ0n) is 15.8. The molecule has 1 aromatic heterocycles. The molecule has 1 unspecified atom stereocenters. The summed E-state index contributed by atoms with van der Waals surface area (Å²) in [4.78, 5) is 19.2. The van der Waals surface area contributed by atoms with Gasteiger partial charge in [0, 0.05) is 47.6 Å². The van der Waals surface area contributed by atoms with Crippen LogP contribution < -0.4 is 9.64 Å². The number of carbonyl (C=O) groups excluding carboxylic acids is 1. The van der Waals surface area contributed by atoms with Gasteiger partial charge in [-0.1, -0.05) is 29.8 Å². The summed E-state index contributed by atoms with van der Waals surface area (Å²) in [5.41, 5.74) is 2.58. The van der Waals surface area contributed by atoms with Gasteiger partial charge in [0.05, 0.1) is 18.2 Å². The normalized spacial score (nSPS) is 16.1. The lowest BCUT2D eigenvalue weighted by molar-refractivity contribution is 0.103. The molecule has 0 amide bonds. The summed E-state index contributed by atoms with van der Waals surface area (Å²) in [6.07, 6.45) is 2.60. The van der Waals surface area contributed by atoms with Crippen molar-refractivity contribution in [1.82, 2.24) is 4.98 Å². The van der Waals surface area contributed by atoms with Crippen molar-refractivity contribution in [3.05, 3.63) is 88.6 Å². The number of carbonyl (C=O) groups is 1. The Kier molecular flexibility index (Phi) is 5.79. The quantitative estimate of drug-likeness (QED) is 0.622. The van der Waals surface area contributed by atoms with Crippen molar-refractivity contribution in [2.24, 2.45) is 0 Å². The zero-order valence-corrected chi connectivity index (χ0v) is 16.5. The Labute approximate surface area is 174 Å². The van der Waals surface area contributed by atoms with E-state index in [1.807, 2.05) is 24.3 Å². The molecular formula is C23H21ClN2O3. The first-order valence-corrected chi connectivity index (χ1v) is 9.89. The van der Waals surface area contributed by atoms with Crippen molar-refractivity contribution in [3.63, 3.8) is 0 Å². The van der Waals surface area contributed by atoms with Crippen LogP contribution in [0.1, 0.15) is 27.9 Å². The third kappa shape index (κ3) is 4.26. The highest BCUT2D eigenvalue weighted by Crippen LogP contribution is 2.29. The van der Waals surface area contributed by atoms with Gasteiger partial charge in [0.2, 0.25) is 5.88 Å². The molecule has 1 fully saturated rings. The van der Waals surface area contributed by atoms with Gasteiger partial charge in [-0.2, -0.15) is 0 Å². The molecule has 5 nitrogen and oxygen atoms in total. The Morgan fingerprint density at radius 3 is 2.76 bits per heavy atom. The largest absolute Gasteiger partial charge is 0.472 e. The minimum absolute atomic E-state index is 0.0286. The van der Waals surface area contributed by atoms with Gasteiger partial charge >= 0.3 is 0 Å². The number of nitrogens with zero attached hydrogens (tertiary/aromatic N) is 2. The molecule has 4 rings (SSSR count). The SMILES string of the molecule is O=C(c1ccc(N2CCC(Oc3ccccn3)C2)c(CO)c1)c1ccccc1Cl. The Hall–Kier alpha value is -2.89. The van der Waals surface area contributed by atoms with E-state index in [9.17, 15) is 9.90 Å². The zero-order chi connectivity index (χ0) is 20.2. The van der Waals surface area contributed by atoms with E-state index >= 15 is 0 Å². The maximum absolute atomic E-state index is 12.8. The highest BCUT2D eigenvalue weighted by Gasteiger charge is 2.26. The first kappa shape index (κ1) is 19.4. The molecular weight excluding hydrogens is 388 g/mol. The number of ether oxygens (including phenoxy) is 1. The number of anilines is 1. The fourth-order valence-electron chi connectivity index (χ4n) is 3.59. The van der Waals surface area contributed by atoms with Crippen LogP contribution >= 0.6 is 11.6 Å². The molecule has 0 bridgehead atoms. The number of hydrogen-bond acceptors (Lipinski definition) is 5. The van der Waals surface area contributed by atoms with Crippen LogP contribution in [-0.4, -0.2) is 35.1 Å². The van der Waals surface area contributed by atoms with E-state index in [1.54, 1.807) is 42.6 Å². The highest BCUT2D eigenvalue weighted by molar-refractivity contribution is 6.35. The number of halogens is 1. The van der Waals surface area contributed by atoms with E-state index in [2.05, 4.69) is 9.88 Å². The minimum Gasteiger partial charge on any atom is -0.472 e. The summed E-state index contributed by atoms with van der Waals surface area (Å²) >= 11 is 6.16.